The predicted octanol–water partition coefficient (Wildman–Crippen LogP) is -0.266. The summed E-state index contributed by atoms with van der Waals surface area (Å²) in [4.78, 5) is 53.4. The molecule has 1 aromatic heterocycles. The van der Waals surface area contributed by atoms with Gasteiger partial charge in [-0.2, -0.15) is 0 Å². The molecule has 1 aliphatic rings. The molecule has 0 saturated carbocycles. The van der Waals surface area contributed by atoms with Gasteiger partial charge < -0.3 is 31.4 Å². The molecule has 3 atom stereocenters. The number of amides is 3. The molecule has 10 heteroatoms. The van der Waals surface area contributed by atoms with Gasteiger partial charge in [-0.3, -0.25) is 14.4 Å². The second kappa shape index (κ2) is 9.61. The number of rotatable bonds is 8. The normalized spacial score (nSPS) is 17.9. The van der Waals surface area contributed by atoms with E-state index in [0.29, 0.717) is 19.4 Å². The van der Waals surface area contributed by atoms with Crippen molar-refractivity contribution in [1.29, 1.82) is 0 Å². The van der Waals surface area contributed by atoms with E-state index in [2.05, 4.69) is 15.6 Å². The number of aromatic nitrogens is 1. The van der Waals surface area contributed by atoms with Gasteiger partial charge in [0.1, 0.15) is 18.1 Å². The number of para-hydroxylation sites is 1. The van der Waals surface area contributed by atoms with Crippen LogP contribution < -0.4 is 16.4 Å². The highest BCUT2D eigenvalue weighted by Gasteiger charge is 2.37. The SMILES string of the molecule is CC(NC(=O)CN)C(=O)N1CCCC1C(=O)NC(Cc1c[nH]c2ccccc12)C(=O)O. The number of likely N-dealkylation sites (tertiary alicyclic amines) is 1. The van der Waals surface area contributed by atoms with Gasteiger partial charge in [-0.25, -0.2) is 4.79 Å². The molecule has 31 heavy (non-hydrogen) atoms. The Labute approximate surface area is 179 Å². The average molecular weight is 429 g/mol. The smallest absolute Gasteiger partial charge is 0.326 e. The summed E-state index contributed by atoms with van der Waals surface area (Å²) < 4.78 is 0. The van der Waals surface area contributed by atoms with Gasteiger partial charge in [0, 0.05) is 30.1 Å². The summed E-state index contributed by atoms with van der Waals surface area (Å²) in [5.74, 6) is -2.54. The Bertz CT molecular complexity index is 987. The van der Waals surface area contributed by atoms with Crippen LogP contribution in [-0.4, -0.2) is 69.9 Å². The largest absolute Gasteiger partial charge is 0.480 e. The van der Waals surface area contributed by atoms with Crippen molar-refractivity contribution in [3.05, 3.63) is 36.0 Å². The number of nitrogens with two attached hydrogens (primary N) is 1. The molecule has 3 amide bonds. The van der Waals surface area contributed by atoms with E-state index in [0.717, 1.165) is 16.5 Å². The van der Waals surface area contributed by atoms with Crippen LogP contribution in [0.2, 0.25) is 0 Å². The van der Waals surface area contributed by atoms with Crippen LogP contribution in [0, 0.1) is 0 Å². The zero-order valence-electron chi connectivity index (χ0n) is 17.3. The second-order valence-corrected chi connectivity index (χ2v) is 7.65. The van der Waals surface area contributed by atoms with Gasteiger partial charge in [0.15, 0.2) is 0 Å². The Balaban J connectivity index is 1.69. The molecule has 1 saturated heterocycles. The molecule has 0 radical (unpaired) electrons. The van der Waals surface area contributed by atoms with Crippen LogP contribution in [0.25, 0.3) is 10.9 Å². The zero-order valence-corrected chi connectivity index (χ0v) is 17.3. The summed E-state index contributed by atoms with van der Waals surface area (Å²) in [6, 6.07) is 4.76. The van der Waals surface area contributed by atoms with Crippen LogP contribution in [0.15, 0.2) is 30.5 Å². The fourth-order valence-electron chi connectivity index (χ4n) is 3.90. The van der Waals surface area contributed by atoms with E-state index in [4.69, 9.17) is 5.73 Å². The number of H-pyrrole nitrogens is 1. The summed E-state index contributed by atoms with van der Waals surface area (Å²) in [5, 5.41) is 15.6. The number of fused-ring (bicyclic) bond motifs is 1. The van der Waals surface area contributed by atoms with Crippen LogP contribution in [0.5, 0.6) is 0 Å². The molecular weight excluding hydrogens is 402 g/mol. The van der Waals surface area contributed by atoms with Gasteiger partial charge in [-0.05, 0) is 31.4 Å². The van der Waals surface area contributed by atoms with E-state index in [1.807, 2.05) is 24.3 Å². The second-order valence-electron chi connectivity index (χ2n) is 7.65. The van der Waals surface area contributed by atoms with Gasteiger partial charge in [-0.15, -0.1) is 0 Å². The number of hydrogen-bond donors (Lipinski definition) is 5. The fraction of sp³-hybridized carbons (Fsp3) is 0.429. The molecule has 1 fully saturated rings. The number of carbonyl (C=O) groups excluding carboxylic acids is 3. The number of aliphatic carboxylic acids is 1. The molecule has 1 aliphatic heterocycles. The quantitative estimate of drug-likeness (QED) is 0.389. The van der Waals surface area contributed by atoms with E-state index >= 15 is 0 Å². The van der Waals surface area contributed by atoms with Crippen molar-refractivity contribution < 1.29 is 24.3 Å². The standard InChI is InChI=1S/C21H27N5O5/c1-12(24-18(27)10-22)20(29)26-8-4-7-17(26)19(28)25-16(21(30)31)9-13-11-23-15-6-3-2-5-14(13)15/h2-3,5-6,11-12,16-17,23H,4,7-10,22H2,1H3,(H,24,27)(H,25,28)(H,30,31). The van der Waals surface area contributed by atoms with Crippen molar-refractivity contribution in [3.63, 3.8) is 0 Å². The number of benzene rings is 1. The van der Waals surface area contributed by atoms with Crippen molar-refractivity contribution in [3.8, 4) is 0 Å². The summed E-state index contributed by atoms with van der Waals surface area (Å²) in [5.41, 5.74) is 6.93. The summed E-state index contributed by atoms with van der Waals surface area (Å²) in [7, 11) is 0. The summed E-state index contributed by atoms with van der Waals surface area (Å²) >= 11 is 0. The molecule has 2 heterocycles. The lowest BCUT2D eigenvalue weighted by Crippen LogP contribution is -2.55. The van der Waals surface area contributed by atoms with Gasteiger partial charge in [0.05, 0.1) is 6.54 Å². The van der Waals surface area contributed by atoms with Crippen LogP contribution in [0.4, 0.5) is 0 Å². The topological polar surface area (TPSA) is 158 Å². The molecule has 0 bridgehead atoms. The van der Waals surface area contributed by atoms with E-state index < -0.39 is 41.8 Å². The number of carboxylic acids is 1. The first-order valence-electron chi connectivity index (χ1n) is 10.2. The Kier molecular flexibility index (Phi) is 6.91. The third kappa shape index (κ3) is 5.02. The lowest BCUT2D eigenvalue weighted by Gasteiger charge is -2.28. The lowest BCUT2D eigenvalue weighted by molar-refractivity contribution is -0.144. The number of nitrogens with one attached hydrogen (secondary N) is 3. The summed E-state index contributed by atoms with van der Waals surface area (Å²) in [6.07, 6.45) is 2.88. The summed E-state index contributed by atoms with van der Waals surface area (Å²) in [6.45, 7) is 1.65. The van der Waals surface area contributed by atoms with Crippen molar-refractivity contribution in [1.82, 2.24) is 20.5 Å². The Morgan fingerprint density at radius 1 is 1.26 bits per heavy atom. The first-order chi connectivity index (χ1) is 14.8. The molecule has 3 unspecified atom stereocenters. The minimum atomic E-state index is -1.15. The zero-order chi connectivity index (χ0) is 22.5. The molecule has 1 aromatic carbocycles. The maximum atomic E-state index is 12.9. The monoisotopic (exact) mass is 429 g/mol. The van der Waals surface area contributed by atoms with E-state index in [1.165, 1.54) is 11.8 Å². The Morgan fingerprint density at radius 2 is 2.00 bits per heavy atom. The van der Waals surface area contributed by atoms with Gasteiger partial charge >= 0.3 is 5.97 Å². The molecular formula is C21H27N5O5. The highest BCUT2D eigenvalue weighted by atomic mass is 16.4. The minimum Gasteiger partial charge on any atom is -0.480 e. The molecule has 0 spiro atoms. The third-order valence-electron chi connectivity index (χ3n) is 5.49. The Morgan fingerprint density at radius 3 is 2.71 bits per heavy atom. The predicted molar refractivity (Wildman–Crippen MR) is 113 cm³/mol. The molecule has 3 rings (SSSR count). The molecule has 6 N–H and O–H groups in total. The van der Waals surface area contributed by atoms with Crippen LogP contribution >= 0.6 is 0 Å². The van der Waals surface area contributed by atoms with E-state index in [1.54, 1.807) is 6.20 Å². The first kappa shape index (κ1) is 22.3. The van der Waals surface area contributed by atoms with Crippen molar-refractivity contribution >= 4 is 34.6 Å². The van der Waals surface area contributed by atoms with Crippen molar-refractivity contribution in [2.24, 2.45) is 5.73 Å². The third-order valence-corrected chi connectivity index (χ3v) is 5.49. The lowest BCUT2D eigenvalue weighted by atomic mass is 10.0. The molecule has 166 valence electrons. The van der Waals surface area contributed by atoms with Gasteiger partial charge in [-0.1, -0.05) is 18.2 Å². The number of nitrogens with zero attached hydrogens (tertiary/aromatic N) is 1. The maximum Gasteiger partial charge on any atom is 0.326 e. The van der Waals surface area contributed by atoms with Crippen LogP contribution in [0.1, 0.15) is 25.3 Å². The van der Waals surface area contributed by atoms with Crippen LogP contribution in [-0.2, 0) is 25.6 Å². The van der Waals surface area contributed by atoms with Gasteiger partial charge in [0.2, 0.25) is 17.7 Å². The van der Waals surface area contributed by atoms with Crippen molar-refractivity contribution in [2.75, 3.05) is 13.1 Å². The average Bonchev–Trinajstić information content (AvgIpc) is 3.40. The maximum absolute atomic E-state index is 12.9. The van der Waals surface area contributed by atoms with Crippen molar-refractivity contribution in [2.45, 2.75) is 44.3 Å². The molecule has 10 nitrogen and oxygen atoms in total. The number of aromatic amines is 1. The van der Waals surface area contributed by atoms with E-state index in [-0.39, 0.29) is 13.0 Å². The number of hydrogen-bond acceptors (Lipinski definition) is 5. The highest BCUT2D eigenvalue weighted by molar-refractivity contribution is 5.94. The number of carboxylic acid groups (broad SMARTS) is 1. The minimum absolute atomic E-state index is 0.106. The molecule has 0 aliphatic carbocycles. The van der Waals surface area contributed by atoms with Crippen LogP contribution in [0.3, 0.4) is 0 Å². The Hall–Kier alpha value is -3.40. The fourth-order valence-corrected chi connectivity index (χ4v) is 3.90. The highest BCUT2D eigenvalue weighted by Crippen LogP contribution is 2.21. The number of carbonyl (C=O) groups is 4. The van der Waals surface area contributed by atoms with E-state index in [9.17, 15) is 24.3 Å². The van der Waals surface area contributed by atoms with Gasteiger partial charge in [0.25, 0.3) is 0 Å². The molecule has 2 aromatic rings. The first-order valence-corrected chi connectivity index (χ1v) is 10.2.